The third kappa shape index (κ3) is 2.67. The standard InChI is InChI=1S/C9H8N4O3S/c10-9-12-11-8(17-9)5-16-7-4-2-1-3-6(7)13(14)15/h1-4H,5H2,(H2,10,12). The van der Waals surface area contributed by atoms with Crippen LogP contribution in [0.1, 0.15) is 5.01 Å². The van der Waals surface area contributed by atoms with E-state index in [0.717, 1.165) is 0 Å². The summed E-state index contributed by atoms with van der Waals surface area (Å²) < 4.78 is 5.31. The van der Waals surface area contributed by atoms with Crippen molar-refractivity contribution in [2.75, 3.05) is 5.73 Å². The van der Waals surface area contributed by atoms with E-state index in [4.69, 9.17) is 10.5 Å². The first-order valence-electron chi connectivity index (χ1n) is 4.61. The molecule has 0 aliphatic carbocycles. The molecule has 2 rings (SSSR count). The van der Waals surface area contributed by atoms with Crippen molar-refractivity contribution < 1.29 is 9.66 Å². The number of rotatable bonds is 4. The van der Waals surface area contributed by atoms with Gasteiger partial charge in [-0.05, 0) is 6.07 Å². The Bertz CT molecular complexity index is 543. The number of nitro groups is 1. The van der Waals surface area contributed by atoms with E-state index in [2.05, 4.69) is 10.2 Å². The molecule has 7 nitrogen and oxygen atoms in total. The molecule has 17 heavy (non-hydrogen) atoms. The van der Waals surface area contributed by atoms with E-state index < -0.39 is 4.92 Å². The van der Waals surface area contributed by atoms with Crippen molar-refractivity contribution in [3.63, 3.8) is 0 Å². The van der Waals surface area contributed by atoms with E-state index >= 15 is 0 Å². The molecule has 0 atom stereocenters. The van der Waals surface area contributed by atoms with Crippen LogP contribution in [0.3, 0.4) is 0 Å². The Morgan fingerprint density at radius 3 is 2.82 bits per heavy atom. The molecule has 0 saturated carbocycles. The molecule has 0 spiro atoms. The van der Waals surface area contributed by atoms with E-state index in [-0.39, 0.29) is 18.0 Å². The Morgan fingerprint density at radius 1 is 1.41 bits per heavy atom. The van der Waals surface area contributed by atoms with Gasteiger partial charge in [-0.2, -0.15) is 0 Å². The number of benzene rings is 1. The van der Waals surface area contributed by atoms with Gasteiger partial charge in [0.1, 0.15) is 6.61 Å². The summed E-state index contributed by atoms with van der Waals surface area (Å²) in [6.07, 6.45) is 0. The molecule has 1 aromatic heterocycles. The van der Waals surface area contributed by atoms with Gasteiger partial charge >= 0.3 is 5.69 Å². The fourth-order valence-corrected chi connectivity index (χ4v) is 1.72. The number of aromatic nitrogens is 2. The van der Waals surface area contributed by atoms with E-state index in [0.29, 0.717) is 10.1 Å². The van der Waals surface area contributed by atoms with Crippen LogP contribution in [-0.4, -0.2) is 15.1 Å². The lowest BCUT2D eigenvalue weighted by molar-refractivity contribution is -0.385. The lowest BCUT2D eigenvalue weighted by Gasteiger charge is -2.03. The van der Waals surface area contributed by atoms with Gasteiger partial charge in [0.2, 0.25) is 5.13 Å². The second kappa shape index (κ2) is 4.74. The predicted molar refractivity (Wildman–Crippen MR) is 61.7 cm³/mol. The third-order valence-electron chi connectivity index (χ3n) is 1.90. The predicted octanol–water partition coefficient (Wildman–Crippen LogP) is 1.61. The number of nitrogen functional groups attached to an aromatic ring is 1. The topological polar surface area (TPSA) is 104 Å². The molecular weight excluding hydrogens is 244 g/mol. The van der Waals surface area contributed by atoms with Crippen LogP contribution in [0.15, 0.2) is 24.3 Å². The van der Waals surface area contributed by atoms with Gasteiger partial charge in [-0.15, -0.1) is 10.2 Å². The molecule has 1 heterocycles. The van der Waals surface area contributed by atoms with Crippen molar-refractivity contribution in [2.24, 2.45) is 0 Å². The molecule has 0 aliphatic heterocycles. The largest absolute Gasteiger partial charge is 0.479 e. The molecule has 2 aromatic rings. The summed E-state index contributed by atoms with van der Waals surface area (Å²) in [5.74, 6) is 0.200. The summed E-state index contributed by atoms with van der Waals surface area (Å²) >= 11 is 1.18. The van der Waals surface area contributed by atoms with Gasteiger partial charge in [-0.1, -0.05) is 23.5 Å². The molecule has 0 radical (unpaired) electrons. The summed E-state index contributed by atoms with van der Waals surface area (Å²) in [7, 11) is 0. The minimum atomic E-state index is -0.496. The van der Waals surface area contributed by atoms with Crippen molar-refractivity contribution in [1.29, 1.82) is 0 Å². The van der Waals surface area contributed by atoms with Crippen LogP contribution in [-0.2, 0) is 6.61 Å². The van der Waals surface area contributed by atoms with Gasteiger partial charge in [-0.3, -0.25) is 10.1 Å². The van der Waals surface area contributed by atoms with Crippen LogP contribution in [0.5, 0.6) is 5.75 Å². The zero-order valence-electron chi connectivity index (χ0n) is 8.57. The van der Waals surface area contributed by atoms with Gasteiger partial charge in [0, 0.05) is 6.07 Å². The number of hydrogen-bond donors (Lipinski definition) is 1. The first-order chi connectivity index (χ1) is 8.16. The van der Waals surface area contributed by atoms with Crippen molar-refractivity contribution in [1.82, 2.24) is 10.2 Å². The molecule has 1 aromatic carbocycles. The molecular formula is C9H8N4O3S. The Morgan fingerprint density at radius 2 is 2.18 bits per heavy atom. The second-order valence-corrected chi connectivity index (χ2v) is 4.14. The highest BCUT2D eigenvalue weighted by Gasteiger charge is 2.14. The Labute approximate surface area is 100 Å². The van der Waals surface area contributed by atoms with Crippen molar-refractivity contribution in [2.45, 2.75) is 6.61 Å². The van der Waals surface area contributed by atoms with Gasteiger partial charge in [0.05, 0.1) is 4.92 Å². The highest BCUT2D eigenvalue weighted by molar-refractivity contribution is 7.15. The quantitative estimate of drug-likeness (QED) is 0.654. The number of hydrogen-bond acceptors (Lipinski definition) is 7. The highest BCUT2D eigenvalue weighted by atomic mass is 32.1. The van der Waals surface area contributed by atoms with Gasteiger partial charge in [-0.25, -0.2) is 0 Å². The van der Waals surface area contributed by atoms with Gasteiger partial charge in [0.15, 0.2) is 10.8 Å². The van der Waals surface area contributed by atoms with Crippen LogP contribution in [0, 0.1) is 10.1 Å². The first-order valence-corrected chi connectivity index (χ1v) is 5.42. The summed E-state index contributed by atoms with van der Waals surface area (Å²) in [4.78, 5) is 10.2. The fraction of sp³-hybridized carbons (Fsp3) is 0.111. The van der Waals surface area contributed by atoms with Crippen molar-refractivity contribution in [3.8, 4) is 5.75 Å². The third-order valence-corrected chi connectivity index (χ3v) is 2.62. The Kier molecular flexibility index (Phi) is 3.15. The average Bonchev–Trinajstić information content (AvgIpc) is 2.73. The smallest absolute Gasteiger partial charge is 0.310 e. The van der Waals surface area contributed by atoms with Crippen LogP contribution in [0.4, 0.5) is 10.8 Å². The number of anilines is 1. The van der Waals surface area contributed by atoms with Crippen LogP contribution >= 0.6 is 11.3 Å². The maximum Gasteiger partial charge on any atom is 0.310 e. The van der Waals surface area contributed by atoms with Gasteiger partial charge < -0.3 is 10.5 Å². The molecule has 88 valence electrons. The maximum absolute atomic E-state index is 10.7. The summed E-state index contributed by atoms with van der Waals surface area (Å²) in [5, 5.41) is 19.0. The van der Waals surface area contributed by atoms with E-state index in [1.54, 1.807) is 12.1 Å². The minimum absolute atomic E-state index is 0.0787. The molecule has 0 amide bonds. The normalized spacial score (nSPS) is 10.1. The van der Waals surface area contributed by atoms with Gasteiger partial charge in [0.25, 0.3) is 0 Å². The number of nitro benzene ring substituents is 1. The molecule has 0 saturated heterocycles. The molecule has 0 fully saturated rings. The molecule has 0 bridgehead atoms. The summed E-state index contributed by atoms with van der Waals surface area (Å²) in [5.41, 5.74) is 5.33. The lowest BCUT2D eigenvalue weighted by Crippen LogP contribution is -1.98. The molecule has 0 aliphatic rings. The van der Waals surface area contributed by atoms with Crippen LogP contribution in [0.25, 0.3) is 0 Å². The first kappa shape index (κ1) is 11.3. The average molecular weight is 252 g/mol. The number of nitrogens with zero attached hydrogens (tertiary/aromatic N) is 3. The zero-order chi connectivity index (χ0) is 12.3. The van der Waals surface area contributed by atoms with Crippen molar-refractivity contribution >= 4 is 22.2 Å². The molecule has 0 unspecified atom stereocenters. The lowest BCUT2D eigenvalue weighted by atomic mass is 10.3. The number of para-hydroxylation sites is 2. The van der Waals surface area contributed by atoms with E-state index in [1.165, 1.54) is 23.5 Å². The number of nitrogens with two attached hydrogens (primary N) is 1. The van der Waals surface area contributed by atoms with Crippen LogP contribution < -0.4 is 10.5 Å². The zero-order valence-corrected chi connectivity index (χ0v) is 9.38. The van der Waals surface area contributed by atoms with E-state index in [9.17, 15) is 10.1 Å². The molecule has 2 N–H and O–H groups in total. The van der Waals surface area contributed by atoms with Crippen molar-refractivity contribution in [3.05, 3.63) is 39.4 Å². The Balaban J connectivity index is 2.11. The van der Waals surface area contributed by atoms with E-state index in [1.807, 2.05) is 0 Å². The minimum Gasteiger partial charge on any atom is -0.479 e. The Hall–Kier alpha value is -2.22. The SMILES string of the molecule is Nc1nnc(COc2ccccc2[N+](=O)[O-])s1. The van der Waals surface area contributed by atoms with Crippen LogP contribution in [0.2, 0.25) is 0 Å². The summed E-state index contributed by atoms with van der Waals surface area (Å²) in [6, 6.07) is 6.15. The maximum atomic E-state index is 10.7. The number of ether oxygens (including phenoxy) is 1. The summed E-state index contributed by atoms with van der Waals surface area (Å²) in [6.45, 7) is 0.111. The fourth-order valence-electron chi connectivity index (χ4n) is 1.19. The monoisotopic (exact) mass is 252 g/mol. The second-order valence-electron chi connectivity index (χ2n) is 3.05. The molecule has 8 heteroatoms. The highest BCUT2D eigenvalue weighted by Crippen LogP contribution is 2.27.